The van der Waals surface area contributed by atoms with Crippen molar-refractivity contribution < 1.29 is 14.7 Å². The van der Waals surface area contributed by atoms with Gasteiger partial charge in [0.25, 0.3) is 0 Å². The van der Waals surface area contributed by atoms with Crippen molar-refractivity contribution in [3.63, 3.8) is 0 Å². The Kier molecular flexibility index (Phi) is 5.06. The number of aryl methyl sites for hydroxylation is 1. The minimum Gasteiger partial charge on any atom is -0.478 e. The zero-order valence-electron chi connectivity index (χ0n) is 10.5. The molecule has 0 radical (unpaired) electrons. The summed E-state index contributed by atoms with van der Waals surface area (Å²) in [6.45, 7) is 3.75. The second-order valence-electron chi connectivity index (χ2n) is 4.10. The Morgan fingerprint density at radius 1 is 1.17 bits per heavy atom. The van der Waals surface area contributed by atoms with Gasteiger partial charge in [-0.1, -0.05) is 55.0 Å². The molecule has 0 spiro atoms. The Bertz CT molecular complexity index is 481. The summed E-state index contributed by atoms with van der Waals surface area (Å²) in [5.41, 5.74) is 1.78. The van der Waals surface area contributed by atoms with Gasteiger partial charge in [0, 0.05) is 17.6 Å². The van der Waals surface area contributed by atoms with Gasteiger partial charge in [-0.15, -0.1) is 0 Å². The summed E-state index contributed by atoms with van der Waals surface area (Å²) in [5.74, 6) is -1.25. The number of carboxylic acid groups (broad SMARTS) is 1. The fourth-order valence-electron chi connectivity index (χ4n) is 1.44. The van der Waals surface area contributed by atoms with Gasteiger partial charge in [-0.05, 0) is 6.92 Å². The second kappa shape index (κ2) is 6.55. The number of carbonyl (C=O) groups excluding carboxylic acids is 1. The fraction of sp³-hybridized carbons (Fsp3) is 0.200. The lowest BCUT2D eigenvalue weighted by atomic mass is 9.98. The van der Waals surface area contributed by atoms with Crippen LogP contribution < -0.4 is 0 Å². The molecule has 0 heterocycles. The SMILES string of the molecule is Cc1ccc(C(=O)[C@H](C)/C=C/C=C/C(=O)O)cc1. The van der Waals surface area contributed by atoms with Crippen LogP contribution >= 0.6 is 0 Å². The van der Waals surface area contributed by atoms with Gasteiger partial charge in [-0.25, -0.2) is 4.79 Å². The van der Waals surface area contributed by atoms with E-state index < -0.39 is 5.97 Å². The van der Waals surface area contributed by atoms with Gasteiger partial charge >= 0.3 is 5.97 Å². The number of hydrogen-bond acceptors (Lipinski definition) is 2. The highest BCUT2D eigenvalue weighted by atomic mass is 16.4. The van der Waals surface area contributed by atoms with E-state index in [-0.39, 0.29) is 11.7 Å². The zero-order chi connectivity index (χ0) is 13.5. The third-order valence-corrected chi connectivity index (χ3v) is 2.50. The Balaban J connectivity index is 2.67. The largest absolute Gasteiger partial charge is 0.478 e. The molecule has 18 heavy (non-hydrogen) atoms. The molecule has 1 rings (SSSR count). The maximum atomic E-state index is 12.0. The molecule has 94 valence electrons. The van der Waals surface area contributed by atoms with Crippen molar-refractivity contribution in [1.82, 2.24) is 0 Å². The molecule has 1 N–H and O–H groups in total. The maximum Gasteiger partial charge on any atom is 0.328 e. The van der Waals surface area contributed by atoms with Crippen molar-refractivity contribution in [1.29, 1.82) is 0 Å². The molecule has 0 aromatic heterocycles. The molecule has 0 unspecified atom stereocenters. The smallest absolute Gasteiger partial charge is 0.328 e. The highest BCUT2D eigenvalue weighted by Gasteiger charge is 2.11. The number of rotatable bonds is 5. The lowest BCUT2D eigenvalue weighted by Crippen LogP contribution is -2.08. The third-order valence-electron chi connectivity index (χ3n) is 2.50. The normalized spacial score (nSPS) is 13.0. The Morgan fingerprint density at radius 2 is 1.78 bits per heavy atom. The summed E-state index contributed by atoms with van der Waals surface area (Å²) < 4.78 is 0. The van der Waals surface area contributed by atoms with E-state index in [1.165, 1.54) is 6.08 Å². The van der Waals surface area contributed by atoms with Crippen LogP contribution in [0.1, 0.15) is 22.8 Å². The first-order valence-corrected chi connectivity index (χ1v) is 5.69. The number of aliphatic carboxylic acids is 1. The minimum atomic E-state index is -1.00. The highest BCUT2D eigenvalue weighted by Crippen LogP contribution is 2.11. The molecule has 3 nitrogen and oxygen atoms in total. The predicted octanol–water partition coefficient (Wildman–Crippen LogP) is 3.01. The number of hydrogen-bond donors (Lipinski definition) is 1. The molecule has 1 aromatic carbocycles. The number of carbonyl (C=O) groups is 2. The number of carboxylic acids is 1. The van der Waals surface area contributed by atoms with Gasteiger partial charge < -0.3 is 5.11 Å². The van der Waals surface area contributed by atoms with E-state index in [1.807, 2.05) is 19.1 Å². The molecule has 0 saturated heterocycles. The molecular weight excluding hydrogens is 228 g/mol. The first-order chi connectivity index (χ1) is 8.50. The minimum absolute atomic E-state index is 0.0231. The molecule has 0 fully saturated rings. The van der Waals surface area contributed by atoms with Crippen molar-refractivity contribution in [3.8, 4) is 0 Å². The second-order valence-corrected chi connectivity index (χ2v) is 4.10. The fourth-order valence-corrected chi connectivity index (χ4v) is 1.44. The molecule has 0 aliphatic heterocycles. The van der Waals surface area contributed by atoms with Crippen LogP contribution in [0.25, 0.3) is 0 Å². The first kappa shape index (κ1) is 13.9. The van der Waals surface area contributed by atoms with Gasteiger partial charge in [0.15, 0.2) is 5.78 Å². The molecular formula is C15H16O3. The van der Waals surface area contributed by atoms with Gasteiger partial charge in [-0.3, -0.25) is 4.79 Å². The van der Waals surface area contributed by atoms with Crippen LogP contribution in [0.15, 0.2) is 48.6 Å². The topological polar surface area (TPSA) is 54.4 Å². The number of allylic oxidation sites excluding steroid dienone is 3. The van der Waals surface area contributed by atoms with Crippen molar-refractivity contribution in [3.05, 3.63) is 59.7 Å². The van der Waals surface area contributed by atoms with Crippen LogP contribution in [-0.4, -0.2) is 16.9 Å². The van der Waals surface area contributed by atoms with Crippen molar-refractivity contribution in [2.45, 2.75) is 13.8 Å². The van der Waals surface area contributed by atoms with E-state index in [1.54, 1.807) is 31.2 Å². The van der Waals surface area contributed by atoms with Crippen molar-refractivity contribution in [2.75, 3.05) is 0 Å². The quantitative estimate of drug-likeness (QED) is 0.492. The van der Waals surface area contributed by atoms with Crippen LogP contribution in [0.4, 0.5) is 0 Å². The van der Waals surface area contributed by atoms with Gasteiger partial charge in [0.2, 0.25) is 0 Å². The van der Waals surface area contributed by atoms with E-state index in [2.05, 4.69) is 0 Å². The lowest BCUT2D eigenvalue weighted by Gasteiger charge is -2.05. The highest BCUT2D eigenvalue weighted by molar-refractivity contribution is 5.98. The van der Waals surface area contributed by atoms with Crippen molar-refractivity contribution in [2.24, 2.45) is 5.92 Å². The van der Waals surface area contributed by atoms with Crippen LogP contribution in [0.3, 0.4) is 0 Å². The zero-order valence-corrected chi connectivity index (χ0v) is 10.5. The van der Waals surface area contributed by atoms with Crippen LogP contribution in [-0.2, 0) is 4.79 Å². The van der Waals surface area contributed by atoms with Crippen LogP contribution in [0.2, 0.25) is 0 Å². The van der Waals surface area contributed by atoms with Gasteiger partial charge in [0.05, 0.1) is 0 Å². The third kappa shape index (κ3) is 4.37. The summed E-state index contributed by atoms with van der Waals surface area (Å²) in [6.07, 6.45) is 5.69. The molecule has 1 aromatic rings. The van der Waals surface area contributed by atoms with Crippen LogP contribution in [0.5, 0.6) is 0 Å². The average molecular weight is 244 g/mol. The standard InChI is InChI=1S/C15H16O3/c1-11-7-9-13(10-8-11)15(18)12(2)5-3-4-6-14(16)17/h3-10,12H,1-2H3,(H,16,17)/b5-3+,6-4+/t12-/m1/s1. The number of ketones is 1. The van der Waals surface area contributed by atoms with E-state index in [0.29, 0.717) is 5.56 Å². The summed E-state index contributed by atoms with van der Waals surface area (Å²) in [6, 6.07) is 7.40. The van der Waals surface area contributed by atoms with Gasteiger partial charge in [0.1, 0.15) is 0 Å². The summed E-state index contributed by atoms with van der Waals surface area (Å²) in [4.78, 5) is 22.2. The van der Waals surface area contributed by atoms with E-state index in [4.69, 9.17) is 5.11 Å². The summed E-state index contributed by atoms with van der Waals surface area (Å²) >= 11 is 0. The van der Waals surface area contributed by atoms with Crippen LogP contribution in [0, 0.1) is 12.8 Å². The molecule has 0 saturated carbocycles. The Labute approximate surface area is 106 Å². The molecule has 0 bridgehead atoms. The van der Waals surface area contributed by atoms with Gasteiger partial charge in [-0.2, -0.15) is 0 Å². The maximum absolute atomic E-state index is 12.0. The summed E-state index contributed by atoms with van der Waals surface area (Å²) in [7, 11) is 0. The first-order valence-electron chi connectivity index (χ1n) is 5.69. The number of Topliss-reactive ketones (excluding diaryl/α,β-unsaturated/α-hetero) is 1. The number of benzene rings is 1. The lowest BCUT2D eigenvalue weighted by molar-refractivity contribution is -0.131. The molecule has 3 heteroatoms. The monoisotopic (exact) mass is 244 g/mol. The molecule has 0 amide bonds. The average Bonchev–Trinajstić information content (AvgIpc) is 2.34. The Hall–Kier alpha value is -2.16. The van der Waals surface area contributed by atoms with E-state index in [9.17, 15) is 9.59 Å². The molecule has 1 atom stereocenters. The molecule has 0 aliphatic rings. The van der Waals surface area contributed by atoms with E-state index in [0.717, 1.165) is 11.6 Å². The van der Waals surface area contributed by atoms with E-state index >= 15 is 0 Å². The van der Waals surface area contributed by atoms with Crippen molar-refractivity contribution >= 4 is 11.8 Å². The predicted molar refractivity (Wildman–Crippen MR) is 70.6 cm³/mol. The Morgan fingerprint density at radius 3 is 2.33 bits per heavy atom. The molecule has 0 aliphatic carbocycles. The summed E-state index contributed by atoms with van der Waals surface area (Å²) in [5, 5.41) is 8.40.